The van der Waals surface area contributed by atoms with Crippen molar-refractivity contribution in [3.05, 3.63) is 0 Å². The molecule has 2 aliphatic heterocycles. The molecule has 0 aromatic rings. The summed E-state index contributed by atoms with van der Waals surface area (Å²) < 4.78 is 5.93. The van der Waals surface area contributed by atoms with Gasteiger partial charge in [0.15, 0.2) is 0 Å². The zero-order valence-electron chi connectivity index (χ0n) is 11.8. The summed E-state index contributed by atoms with van der Waals surface area (Å²) in [7, 11) is 0. The third kappa shape index (κ3) is 3.11. The van der Waals surface area contributed by atoms with Crippen LogP contribution < -0.4 is 5.32 Å². The Morgan fingerprint density at radius 1 is 1.26 bits per heavy atom. The number of ether oxygens (including phenoxy) is 1. The zero-order chi connectivity index (χ0) is 13.1. The molecule has 1 saturated carbocycles. The molecular formula is C15H26N2O2. The summed E-state index contributed by atoms with van der Waals surface area (Å²) in [5, 5.41) is 3.57. The van der Waals surface area contributed by atoms with Crippen molar-refractivity contribution in [1.82, 2.24) is 10.2 Å². The summed E-state index contributed by atoms with van der Waals surface area (Å²) in [6.07, 6.45) is 9.05. The Balaban J connectivity index is 1.36. The highest BCUT2D eigenvalue weighted by molar-refractivity contribution is 5.76. The topological polar surface area (TPSA) is 41.6 Å². The van der Waals surface area contributed by atoms with E-state index in [2.05, 4.69) is 5.32 Å². The summed E-state index contributed by atoms with van der Waals surface area (Å²) >= 11 is 0. The van der Waals surface area contributed by atoms with Crippen LogP contribution in [0.15, 0.2) is 0 Å². The second-order valence-electron chi connectivity index (χ2n) is 6.37. The van der Waals surface area contributed by atoms with Crippen LogP contribution in [-0.4, -0.2) is 48.7 Å². The molecule has 1 aliphatic carbocycles. The summed E-state index contributed by atoms with van der Waals surface area (Å²) in [6, 6.07) is 0.556. The van der Waals surface area contributed by atoms with E-state index in [1.807, 2.05) is 4.90 Å². The van der Waals surface area contributed by atoms with Crippen molar-refractivity contribution in [2.75, 3.05) is 26.2 Å². The third-order valence-corrected chi connectivity index (χ3v) is 4.99. The first-order valence-electron chi connectivity index (χ1n) is 7.93. The first-order chi connectivity index (χ1) is 9.27. The Bertz CT molecular complexity index is 322. The standard InChI is InChI=1S/C15H26N2O2/c18-14(17-9-1-2-10-17)4-8-16-13-5-11-19-15(12-13)6-3-7-15/h13,16H,1-12H2. The second kappa shape index (κ2) is 5.80. The van der Waals surface area contributed by atoms with E-state index in [9.17, 15) is 4.79 Å². The van der Waals surface area contributed by atoms with E-state index in [4.69, 9.17) is 4.74 Å². The lowest BCUT2D eigenvalue weighted by molar-refractivity contribution is -0.136. The van der Waals surface area contributed by atoms with E-state index in [1.54, 1.807) is 0 Å². The van der Waals surface area contributed by atoms with Gasteiger partial charge in [-0.25, -0.2) is 0 Å². The van der Waals surface area contributed by atoms with Gasteiger partial charge in [0, 0.05) is 38.7 Å². The highest BCUT2D eigenvalue weighted by atomic mass is 16.5. The van der Waals surface area contributed by atoms with Gasteiger partial charge in [-0.1, -0.05) is 0 Å². The molecule has 3 aliphatic rings. The average molecular weight is 266 g/mol. The van der Waals surface area contributed by atoms with E-state index in [1.165, 1.54) is 32.1 Å². The number of likely N-dealkylation sites (tertiary alicyclic amines) is 1. The maximum absolute atomic E-state index is 11.9. The fraction of sp³-hybridized carbons (Fsp3) is 0.933. The number of nitrogens with zero attached hydrogens (tertiary/aromatic N) is 1. The van der Waals surface area contributed by atoms with Gasteiger partial charge in [0.25, 0.3) is 0 Å². The van der Waals surface area contributed by atoms with Gasteiger partial charge in [0.2, 0.25) is 5.91 Å². The van der Waals surface area contributed by atoms with Crippen molar-refractivity contribution in [3.63, 3.8) is 0 Å². The van der Waals surface area contributed by atoms with Gasteiger partial charge < -0.3 is 15.0 Å². The van der Waals surface area contributed by atoms with E-state index in [0.29, 0.717) is 18.4 Å². The normalized spacial score (nSPS) is 29.5. The molecule has 0 aromatic heterocycles. The predicted molar refractivity (Wildman–Crippen MR) is 74.0 cm³/mol. The van der Waals surface area contributed by atoms with Crippen LogP contribution in [0.2, 0.25) is 0 Å². The first-order valence-corrected chi connectivity index (χ1v) is 7.93. The van der Waals surface area contributed by atoms with Crippen molar-refractivity contribution in [2.24, 2.45) is 0 Å². The number of amides is 1. The van der Waals surface area contributed by atoms with Crippen LogP contribution in [0.4, 0.5) is 0 Å². The fourth-order valence-corrected chi connectivity index (χ4v) is 3.63. The van der Waals surface area contributed by atoms with E-state index < -0.39 is 0 Å². The molecule has 1 N–H and O–H groups in total. The van der Waals surface area contributed by atoms with Crippen LogP contribution in [0.5, 0.6) is 0 Å². The highest BCUT2D eigenvalue weighted by Gasteiger charge is 2.42. The minimum absolute atomic E-state index is 0.203. The van der Waals surface area contributed by atoms with Crippen LogP contribution >= 0.6 is 0 Å². The van der Waals surface area contributed by atoms with Gasteiger partial charge in [-0.3, -0.25) is 4.79 Å². The molecule has 19 heavy (non-hydrogen) atoms. The van der Waals surface area contributed by atoms with Gasteiger partial charge in [-0.05, 0) is 44.9 Å². The Kier molecular flexibility index (Phi) is 4.08. The fourth-order valence-electron chi connectivity index (χ4n) is 3.63. The van der Waals surface area contributed by atoms with Crippen molar-refractivity contribution >= 4 is 5.91 Å². The Hall–Kier alpha value is -0.610. The molecule has 1 unspecified atom stereocenters. The van der Waals surface area contributed by atoms with Crippen LogP contribution in [0.3, 0.4) is 0 Å². The van der Waals surface area contributed by atoms with Gasteiger partial charge >= 0.3 is 0 Å². The molecule has 4 heteroatoms. The Morgan fingerprint density at radius 3 is 2.74 bits per heavy atom. The molecule has 108 valence electrons. The van der Waals surface area contributed by atoms with Crippen molar-refractivity contribution in [1.29, 1.82) is 0 Å². The number of carbonyl (C=O) groups excluding carboxylic acids is 1. The summed E-state index contributed by atoms with van der Waals surface area (Å²) in [5.41, 5.74) is 0.203. The molecule has 1 atom stereocenters. The Morgan fingerprint density at radius 2 is 2.05 bits per heavy atom. The van der Waals surface area contributed by atoms with Crippen LogP contribution in [0, 0.1) is 0 Å². The highest BCUT2D eigenvalue weighted by Crippen LogP contribution is 2.42. The lowest BCUT2D eigenvalue weighted by atomic mass is 9.74. The molecule has 2 saturated heterocycles. The van der Waals surface area contributed by atoms with Gasteiger partial charge in [-0.15, -0.1) is 0 Å². The number of carbonyl (C=O) groups is 1. The van der Waals surface area contributed by atoms with Crippen LogP contribution in [0.25, 0.3) is 0 Å². The van der Waals surface area contributed by atoms with E-state index >= 15 is 0 Å². The lowest BCUT2D eigenvalue weighted by Gasteiger charge is -2.47. The van der Waals surface area contributed by atoms with Crippen molar-refractivity contribution < 1.29 is 9.53 Å². The zero-order valence-corrected chi connectivity index (χ0v) is 11.8. The van der Waals surface area contributed by atoms with Crippen LogP contribution in [-0.2, 0) is 9.53 Å². The largest absolute Gasteiger partial charge is 0.375 e. The SMILES string of the molecule is O=C(CCNC1CCOC2(CCC2)C1)N1CCCC1. The number of nitrogens with one attached hydrogen (secondary N) is 1. The molecule has 0 radical (unpaired) electrons. The van der Waals surface area contributed by atoms with Gasteiger partial charge in [0.05, 0.1) is 5.60 Å². The van der Waals surface area contributed by atoms with E-state index in [-0.39, 0.29) is 5.60 Å². The molecule has 1 amide bonds. The molecule has 0 aromatic carbocycles. The minimum atomic E-state index is 0.203. The molecule has 1 spiro atoms. The van der Waals surface area contributed by atoms with Crippen molar-refractivity contribution in [3.8, 4) is 0 Å². The summed E-state index contributed by atoms with van der Waals surface area (Å²) in [4.78, 5) is 14.0. The maximum Gasteiger partial charge on any atom is 0.223 e. The summed E-state index contributed by atoms with van der Waals surface area (Å²) in [6.45, 7) is 3.66. The monoisotopic (exact) mass is 266 g/mol. The van der Waals surface area contributed by atoms with Crippen molar-refractivity contribution in [2.45, 2.75) is 63.0 Å². The van der Waals surface area contributed by atoms with Gasteiger partial charge in [0.1, 0.15) is 0 Å². The molecule has 2 heterocycles. The lowest BCUT2D eigenvalue weighted by Crippen LogP contribution is -2.51. The van der Waals surface area contributed by atoms with E-state index in [0.717, 1.165) is 39.1 Å². The average Bonchev–Trinajstić information content (AvgIpc) is 2.91. The molecular weight excluding hydrogens is 240 g/mol. The first kappa shape index (κ1) is 13.4. The molecule has 3 rings (SSSR count). The molecule has 3 fully saturated rings. The smallest absolute Gasteiger partial charge is 0.223 e. The predicted octanol–water partition coefficient (Wildman–Crippen LogP) is 1.69. The number of hydrogen-bond acceptors (Lipinski definition) is 3. The molecule has 0 bridgehead atoms. The maximum atomic E-state index is 11.9. The quantitative estimate of drug-likeness (QED) is 0.842. The third-order valence-electron chi connectivity index (χ3n) is 4.99. The second-order valence-corrected chi connectivity index (χ2v) is 6.37. The van der Waals surface area contributed by atoms with Gasteiger partial charge in [-0.2, -0.15) is 0 Å². The van der Waals surface area contributed by atoms with Crippen LogP contribution in [0.1, 0.15) is 51.4 Å². The Labute approximate surface area is 115 Å². The number of hydrogen-bond donors (Lipinski definition) is 1. The molecule has 4 nitrogen and oxygen atoms in total. The minimum Gasteiger partial charge on any atom is -0.375 e. The summed E-state index contributed by atoms with van der Waals surface area (Å²) in [5.74, 6) is 0.329. The number of rotatable bonds is 4.